The van der Waals surface area contributed by atoms with Gasteiger partial charge in [-0.05, 0) is 56.5 Å². The van der Waals surface area contributed by atoms with Gasteiger partial charge in [0, 0.05) is 25.3 Å². The predicted molar refractivity (Wildman–Crippen MR) is 96.1 cm³/mol. The van der Waals surface area contributed by atoms with Gasteiger partial charge in [-0.2, -0.15) is 0 Å². The number of halogens is 1. The fraction of sp³-hybridized carbons (Fsp3) is 0.381. The van der Waals surface area contributed by atoms with Crippen LogP contribution >= 0.6 is 0 Å². The van der Waals surface area contributed by atoms with E-state index in [0.29, 0.717) is 6.61 Å². The zero-order chi connectivity index (χ0) is 18.0. The molecule has 2 atom stereocenters. The average Bonchev–Trinajstić information content (AvgIpc) is 2.60. The summed E-state index contributed by atoms with van der Waals surface area (Å²) in [7, 11) is 1.86. The monoisotopic (exact) mass is 341 g/mol. The number of rotatable bonds is 3. The van der Waals surface area contributed by atoms with E-state index in [1.807, 2.05) is 37.9 Å². The van der Waals surface area contributed by atoms with Gasteiger partial charge in [-0.3, -0.25) is 4.79 Å². The van der Waals surface area contributed by atoms with Gasteiger partial charge in [-0.1, -0.05) is 29.3 Å². The van der Waals surface area contributed by atoms with Crippen molar-refractivity contribution in [2.75, 3.05) is 13.7 Å². The van der Waals surface area contributed by atoms with Crippen LogP contribution < -0.4 is 0 Å². The number of hydrogen-bond acceptors (Lipinski definition) is 2. The van der Waals surface area contributed by atoms with Gasteiger partial charge in [0.25, 0.3) is 5.91 Å². The first-order valence-corrected chi connectivity index (χ1v) is 8.66. The van der Waals surface area contributed by atoms with Gasteiger partial charge in [0.1, 0.15) is 5.82 Å². The lowest BCUT2D eigenvalue weighted by Crippen LogP contribution is -2.41. The van der Waals surface area contributed by atoms with Crippen molar-refractivity contribution >= 4 is 5.91 Å². The number of benzene rings is 2. The number of carbonyl (C=O) groups is 1. The van der Waals surface area contributed by atoms with Crippen molar-refractivity contribution in [1.29, 1.82) is 0 Å². The number of carbonyl (C=O) groups excluding carboxylic acids is 1. The van der Waals surface area contributed by atoms with E-state index in [0.717, 1.165) is 35.1 Å². The zero-order valence-electron chi connectivity index (χ0n) is 15.0. The van der Waals surface area contributed by atoms with Gasteiger partial charge in [-0.25, -0.2) is 4.39 Å². The van der Waals surface area contributed by atoms with Crippen LogP contribution in [0.2, 0.25) is 0 Å². The molecule has 0 spiro atoms. The highest BCUT2D eigenvalue weighted by atomic mass is 19.1. The summed E-state index contributed by atoms with van der Waals surface area (Å²) in [6.07, 6.45) is 1.43. The van der Waals surface area contributed by atoms with Crippen LogP contribution in [0.15, 0.2) is 42.5 Å². The molecule has 4 heteroatoms. The molecular formula is C21H24FNO2. The Kier molecular flexibility index (Phi) is 5.19. The molecule has 1 aliphatic rings. The van der Waals surface area contributed by atoms with Gasteiger partial charge in [0.2, 0.25) is 0 Å². The SMILES string of the molecule is Cc1cc(C)cc(C(=O)N(C)C2CCOC(c3ccc(F)cc3)C2)c1. The highest BCUT2D eigenvalue weighted by molar-refractivity contribution is 5.94. The molecule has 0 radical (unpaired) electrons. The van der Waals surface area contributed by atoms with E-state index in [4.69, 9.17) is 4.74 Å². The minimum absolute atomic E-state index is 0.0385. The Morgan fingerprint density at radius 1 is 1.12 bits per heavy atom. The van der Waals surface area contributed by atoms with E-state index in [2.05, 4.69) is 6.07 Å². The summed E-state index contributed by atoms with van der Waals surface area (Å²) in [6.45, 7) is 4.60. The second-order valence-corrected chi connectivity index (χ2v) is 6.88. The Labute approximate surface area is 148 Å². The second kappa shape index (κ2) is 7.36. The maximum absolute atomic E-state index is 13.1. The summed E-state index contributed by atoms with van der Waals surface area (Å²) >= 11 is 0. The molecule has 0 aliphatic carbocycles. The third-order valence-electron chi connectivity index (χ3n) is 4.83. The van der Waals surface area contributed by atoms with Crippen molar-refractivity contribution in [1.82, 2.24) is 4.90 Å². The molecule has 0 saturated carbocycles. The van der Waals surface area contributed by atoms with Crippen molar-refractivity contribution in [3.63, 3.8) is 0 Å². The third kappa shape index (κ3) is 4.07. The molecular weight excluding hydrogens is 317 g/mol. The zero-order valence-corrected chi connectivity index (χ0v) is 15.0. The summed E-state index contributed by atoms with van der Waals surface area (Å²) < 4.78 is 19.0. The van der Waals surface area contributed by atoms with Crippen molar-refractivity contribution in [3.05, 3.63) is 70.5 Å². The lowest BCUT2D eigenvalue weighted by molar-refractivity contribution is -0.0197. The van der Waals surface area contributed by atoms with Crippen LogP contribution in [0.3, 0.4) is 0 Å². The molecule has 1 aliphatic heterocycles. The largest absolute Gasteiger partial charge is 0.373 e. The van der Waals surface area contributed by atoms with Crippen LogP contribution in [0.25, 0.3) is 0 Å². The third-order valence-corrected chi connectivity index (χ3v) is 4.83. The summed E-state index contributed by atoms with van der Waals surface area (Å²) in [5, 5.41) is 0. The van der Waals surface area contributed by atoms with E-state index >= 15 is 0 Å². The molecule has 1 fully saturated rings. The summed E-state index contributed by atoms with van der Waals surface area (Å²) in [5.74, 6) is -0.213. The quantitative estimate of drug-likeness (QED) is 0.826. The normalized spacial score (nSPS) is 20.3. The van der Waals surface area contributed by atoms with E-state index in [1.54, 1.807) is 12.1 Å². The summed E-state index contributed by atoms with van der Waals surface area (Å²) in [6, 6.07) is 12.5. The topological polar surface area (TPSA) is 29.5 Å². The number of nitrogens with zero attached hydrogens (tertiary/aromatic N) is 1. The fourth-order valence-corrected chi connectivity index (χ4v) is 3.51. The molecule has 132 valence electrons. The van der Waals surface area contributed by atoms with Crippen LogP contribution in [-0.4, -0.2) is 30.5 Å². The van der Waals surface area contributed by atoms with Gasteiger partial charge in [0.15, 0.2) is 0 Å². The van der Waals surface area contributed by atoms with Crippen LogP contribution in [0.1, 0.15) is 46.0 Å². The number of hydrogen-bond donors (Lipinski definition) is 0. The van der Waals surface area contributed by atoms with Gasteiger partial charge in [-0.15, -0.1) is 0 Å². The van der Waals surface area contributed by atoms with E-state index < -0.39 is 0 Å². The molecule has 2 aromatic carbocycles. The fourth-order valence-electron chi connectivity index (χ4n) is 3.51. The highest BCUT2D eigenvalue weighted by Crippen LogP contribution is 2.31. The smallest absolute Gasteiger partial charge is 0.253 e. The first-order chi connectivity index (χ1) is 11.9. The molecule has 1 heterocycles. The predicted octanol–water partition coefficient (Wildman–Crippen LogP) is 4.43. The first kappa shape index (κ1) is 17.6. The van der Waals surface area contributed by atoms with Crippen LogP contribution in [-0.2, 0) is 4.74 Å². The Morgan fingerprint density at radius 2 is 1.76 bits per heavy atom. The van der Waals surface area contributed by atoms with Crippen LogP contribution in [0, 0.1) is 19.7 Å². The van der Waals surface area contributed by atoms with E-state index in [9.17, 15) is 9.18 Å². The Hall–Kier alpha value is -2.20. The molecule has 3 rings (SSSR count). The van der Waals surface area contributed by atoms with Gasteiger partial charge >= 0.3 is 0 Å². The second-order valence-electron chi connectivity index (χ2n) is 6.88. The van der Waals surface area contributed by atoms with Crippen molar-refractivity contribution < 1.29 is 13.9 Å². The number of amides is 1. The molecule has 3 nitrogen and oxygen atoms in total. The molecule has 2 aromatic rings. The number of aryl methyl sites for hydroxylation is 2. The van der Waals surface area contributed by atoms with Crippen LogP contribution in [0.5, 0.6) is 0 Å². The molecule has 1 saturated heterocycles. The van der Waals surface area contributed by atoms with Crippen LogP contribution in [0.4, 0.5) is 4.39 Å². The lowest BCUT2D eigenvalue weighted by Gasteiger charge is -2.35. The van der Waals surface area contributed by atoms with Gasteiger partial charge in [0.05, 0.1) is 6.10 Å². The maximum atomic E-state index is 13.1. The molecule has 1 amide bonds. The Balaban J connectivity index is 1.73. The summed E-state index contributed by atoms with van der Waals surface area (Å²) in [5.41, 5.74) is 3.86. The maximum Gasteiger partial charge on any atom is 0.253 e. The van der Waals surface area contributed by atoms with Crippen molar-refractivity contribution in [3.8, 4) is 0 Å². The van der Waals surface area contributed by atoms with Crippen molar-refractivity contribution in [2.45, 2.75) is 38.8 Å². The molecule has 25 heavy (non-hydrogen) atoms. The van der Waals surface area contributed by atoms with E-state index in [-0.39, 0.29) is 23.9 Å². The average molecular weight is 341 g/mol. The Bertz CT molecular complexity index is 737. The first-order valence-electron chi connectivity index (χ1n) is 8.66. The van der Waals surface area contributed by atoms with Crippen molar-refractivity contribution in [2.24, 2.45) is 0 Å². The molecule has 0 N–H and O–H groups in total. The molecule has 2 unspecified atom stereocenters. The summed E-state index contributed by atoms with van der Waals surface area (Å²) in [4.78, 5) is 14.7. The Morgan fingerprint density at radius 3 is 2.40 bits per heavy atom. The molecule has 0 bridgehead atoms. The minimum Gasteiger partial charge on any atom is -0.373 e. The highest BCUT2D eigenvalue weighted by Gasteiger charge is 2.29. The van der Waals surface area contributed by atoms with E-state index in [1.165, 1.54) is 12.1 Å². The minimum atomic E-state index is -0.252. The molecule has 0 aromatic heterocycles. The lowest BCUT2D eigenvalue weighted by atomic mass is 9.96. The van der Waals surface area contributed by atoms with Gasteiger partial charge < -0.3 is 9.64 Å². The standard InChI is InChI=1S/C21H24FNO2/c1-14-10-15(2)12-17(11-14)21(24)23(3)19-8-9-25-20(13-19)16-4-6-18(22)7-5-16/h4-7,10-12,19-20H,8-9,13H2,1-3H3. The number of ether oxygens (including phenoxy) is 1.